The summed E-state index contributed by atoms with van der Waals surface area (Å²) in [4.78, 5) is 18.5. The molecule has 1 amide bonds. The zero-order valence-corrected chi connectivity index (χ0v) is 13.0. The topological polar surface area (TPSA) is 38.1 Å². The SMILES string of the molecule is Cc1ccccc1-n1ccnc1SCC(=O)N1CCCC1. The smallest absolute Gasteiger partial charge is 0.233 e. The fourth-order valence-electron chi connectivity index (χ4n) is 2.60. The number of thioether (sulfide) groups is 1. The quantitative estimate of drug-likeness (QED) is 0.815. The zero-order chi connectivity index (χ0) is 14.7. The van der Waals surface area contributed by atoms with Crippen molar-refractivity contribution in [3.63, 3.8) is 0 Å². The summed E-state index contributed by atoms with van der Waals surface area (Å²) in [6.45, 7) is 3.90. The molecule has 0 atom stereocenters. The third-order valence-corrected chi connectivity index (χ3v) is 4.72. The lowest BCUT2D eigenvalue weighted by Crippen LogP contribution is -2.29. The Morgan fingerprint density at radius 1 is 1.29 bits per heavy atom. The van der Waals surface area contributed by atoms with Crippen molar-refractivity contribution in [3.05, 3.63) is 42.2 Å². The Balaban J connectivity index is 1.71. The molecule has 0 aliphatic carbocycles. The average molecular weight is 301 g/mol. The van der Waals surface area contributed by atoms with Gasteiger partial charge in [-0.1, -0.05) is 30.0 Å². The van der Waals surface area contributed by atoms with Crippen LogP contribution in [0.4, 0.5) is 0 Å². The van der Waals surface area contributed by atoms with Gasteiger partial charge in [0, 0.05) is 25.5 Å². The second-order valence-corrected chi connectivity index (χ2v) is 6.19. The molecule has 1 aliphatic heterocycles. The maximum atomic E-state index is 12.1. The van der Waals surface area contributed by atoms with Crippen LogP contribution in [0, 0.1) is 6.92 Å². The van der Waals surface area contributed by atoms with Gasteiger partial charge < -0.3 is 4.90 Å². The summed E-state index contributed by atoms with van der Waals surface area (Å²) in [5, 5.41) is 0.872. The maximum absolute atomic E-state index is 12.1. The minimum Gasteiger partial charge on any atom is -0.342 e. The Bertz CT molecular complexity index is 632. The average Bonchev–Trinajstić information content (AvgIpc) is 3.17. The molecule has 0 saturated carbocycles. The van der Waals surface area contributed by atoms with Crippen LogP contribution < -0.4 is 0 Å². The molecule has 1 saturated heterocycles. The van der Waals surface area contributed by atoms with Crippen LogP contribution in [0.25, 0.3) is 5.69 Å². The van der Waals surface area contributed by atoms with Crippen molar-refractivity contribution in [2.24, 2.45) is 0 Å². The van der Waals surface area contributed by atoms with Gasteiger partial charge in [0.25, 0.3) is 0 Å². The Kier molecular flexibility index (Phi) is 4.29. The highest BCUT2D eigenvalue weighted by Gasteiger charge is 2.18. The number of hydrogen-bond acceptors (Lipinski definition) is 3. The molecule has 0 spiro atoms. The van der Waals surface area contributed by atoms with Crippen molar-refractivity contribution in [1.29, 1.82) is 0 Å². The fourth-order valence-corrected chi connectivity index (χ4v) is 3.47. The molecule has 0 bridgehead atoms. The molecule has 1 aromatic heterocycles. The van der Waals surface area contributed by atoms with Gasteiger partial charge >= 0.3 is 0 Å². The molecule has 2 aromatic rings. The van der Waals surface area contributed by atoms with E-state index in [9.17, 15) is 4.79 Å². The van der Waals surface area contributed by atoms with E-state index in [0.29, 0.717) is 5.75 Å². The lowest BCUT2D eigenvalue weighted by Gasteiger charge is -2.15. The van der Waals surface area contributed by atoms with E-state index in [4.69, 9.17) is 0 Å². The Morgan fingerprint density at radius 2 is 2.05 bits per heavy atom. The number of carbonyl (C=O) groups excluding carboxylic acids is 1. The number of carbonyl (C=O) groups is 1. The number of imidazole rings is 1. The molecule has 5 heteroatoms. The highest BCUT2D eigenvalue weighted by atomic mass is 32.2. The lowest BCUT2D eigenvalue weighted by atomic mass is 10.2. The Labute approximate surface area is 129 Å². The first-order chi connectivity index (χ1) is 10.3. The van der Waals surface area contributed by atoms with Gasteiger partial charge in [0.15, 0.2) is 5.16 Å². The van der Waals surface area contributed by atoms with Crippen LogP contribution in [0.3, 0.4) is 0 Å². The van der Waals surface area contributed by atoms with E-state index >= 15 is 0 Å². The van der Waals surface area contributed by atoms with Crippen LogP contribution >= 0.6 is 11.8 Å². The molecule has 4 nitrogen and oxygen atoms in total. The van der Waals surface area contributed by atoms with Gasteiger partial charge in [-0.3, -0.25) is 9.36 Å². The predicted octanol–water partition coefficient (Wildman–Crippen LogP) is 2.90. The van der Waals surface area contributed by atoms with Gasteiger partial charge in [0.2, 0.25) is 5.91 Å². The molecular weight excluding hydrogens is 282 g/mol. The maximum Gasteiger partial charge on any atom is 0.233 e. The standard InChI is InChI=1S/C16H19N3OS/c1-13-6-2-3-7-14(13)19-11-8-17-16(19)21-12-15(20)18-9-4-5-10-18/h2-3,6-8,11H,4-5,9-10,12H2,1H3. The van der Waals surface area contributed by atoms with Crippen LogP contribution in [0.2, 0.25) is 0 Å². The van der Waals surface area contributed by atoms with E-state index in [0.717, 1.165) is 36.8 Å². The van der Waals surface area contributed by atoms with E-state index < -0.39 is 0 Å². The number of amides is 1. The molecule has 1 aliphatic rings. The molecule has 0 radical (unpaired) electrons. The molecule has 0 N–H and O–H groups in total. The fraction of sp³-hybridized carbons (Fsp3) is 0.375. The van der Waals surface area contributed by atoms with Crippen molar-refractivity contribution in [2.45, 2.75) is 24.9 Å². The number of para-hydroxylation sites is 1. The highest BCUT2D eigenvalue weighted by Crippen LogP contribution is 2.23. The molecule has 3 rings (SSSR count). The molecule has 1 aromatic carbocycles. The van der Waals surface area contributed by atoms with E-state index in [1.807, 2.05) is 23.2 Å². The van der Waals surface area contributed by atoms with Gasteiger partial charge in [0.05, 0.1) is 11.4 Å². The van der Waals surface area contributed by atoms with Crippen LogP contribution in [0.1, 0.15) is 18.4 Å². The number of likely N-dealkylation sites (tertiary alicyclic amines) is 1. The van der Waals surface area contributed by atoms with Crippen LogP contribution in [-0.4, -0.2) is 39.2 Å². The normalized spacial score (nSPS) is 14.6. The number of aromatic nitrogens is 2. The summed E-state index contributed by atoms with van der Waals surface area (Å²) < 4.78 is 2.05. The molecule has 0 unspecified atom stereocenters. The van der Waals surface area contributed by atoms with Crippen LogP contribution in [-0.2, 0) is 4.79 Å². The minimum absolute atomic E-state index is 0.219. The van der Waals surface area contributed by atoms with Crippen molar-refractivity contribution >= 4 is 17.7 Å². The first-order valence-corrected chi connectivity index (χ1v) is 8.24. The number of benzene rings is 1. The summed E-state index contributed by atoms with van der Waals surface area (Å²) in [7, 11) is 0. The van der Waals surface area contributed by atoms with E-state index in [-0.39, 0.29) is 5.91 Å². The molecule has 2 heterocycles. The van der Waals surface area contributed by atoms with E-state index in [2.05, 4.69) is 28.6 Å². The van der Waals surface area contributed by atoms with Crippen molar-refractivity contribution < 1.29 is 4.79 Å². The van der Waals surface area contributed by atoms with Crippen LogP contribution in [0.5, 0.6) is 0 Å². The summed E-state index contributed by atoms with van der Waals surface area (Å²) in [6.07, 6.45) is 6.00. The van der Waals surface area contributed by atoms with Gasteiger partial charge in [-0.25, -0.2) is 4.98 Å². The minimum atomic E-state index is 0.219. The van der Waals surface area contributed by atoms with Crippen molar-refractivity contribution in [1.82, 2.24) is 14.5 Å². The number of hydrogen-bond donors (Lipinski definition) is 0. The Hall–Kier alpha value is -1.75. The second-order valence-electron chi connectivity index (χ2n) is 5.24. The van der Waals surface area contributed by atoms with Crippen molar-refractivity contribution in [2.75, 3.05) is 18.8 Å². The highest BCUT2D eigenvalue weighted by molar-refractivity contribution is 7.99. The molecular formula is C16H19N3OS. The van der Waals surface area contributed by atoms with Gasteiger partial charge in [-0.2, -0.15) is 0 Å². The molecule has 110 valence electrons. The van der Waals surface area contributed by atoms with E-state index in [1.165, 1.54) is 17.3 Å². The predicted molar refractivity (Wildman–Crippen MR) is 84.8 cm³/mol. The first-order valence-electron chi connectivity index (χ1n) is 7.25. The van der Waals surface area contributed by atoms with E-state index in [1.54, 1.807) is 6.20 Å². The Morgan fingerprint density at radius 3 is 2.81 bits per heavy atom. The summed E-state index contributed by atoms with van der Waals surface area (Å²) >= 11 is 1.51. The summed E-state index contributed by atoms with van der Waals surface area (Å²) in [6, 6.07) is 8.20. The third kappa shape index (κ3) is 3.13. The van der Waals surface area contributed by atoms with Gasteiger partial charge in [-0.05, 0) is 31.4 Å². The van der Waals surface area contributed by atoms with Gasteiger partial charge in [-0.15, -0.1) is 0 Å². The first kappa shape index (κ1) is 14.2. The number of aryl methyl sites for hydroxylation is 1. The van der Waals surface area contributed by atoms with Crippen molar-refractivity contribution in [3.8, 4) is 5.69 Å². The monoisotopic (exact) mass is 301 g/mol. The largest absolute Gasteiger partial charge is 0.342 e. The van der Waals surface area contributed by atoms with Gasteiger partial charge in [0.1, 0.15) is 0 Å². The summed E-state index contributed by atoms with van der Waals surface area (Å²) in [5.41, 5.74) is 2.31. The summed E-state index contributed by atoms with van der Waals surface area (Å²) in [5.74, 6) is 0.680. The number of nitrogens with zero attached hydrogens (tertiary/aromatic N) is 3. The van der Waals surface area contributed by atoms with Crippen LogP contribution in [0.15, 0.2) is 41.8 Å². The number of rotatable bonds is 4. The zero-order valence-electron chi connectivity index (χ0n) is 12.2. The molecule has 1 fully saturated rings. The molecule has 21 heavy (non-hydrogen) atoms. The third-order valence-electron chi connectivity index (χ3n) is 3.77. The lowest BCUT2D eigenvalue weighted by molar-refractivity contribution is -0.127. The second kappa shape index (κ2) is 6.35.